The minimum atomic E-state index is -1.02. The van der Waals surface area contributed by atoms with Crippen LogP contribution in [0.15, 0.2) is 24.3 Å². The van der Waals surface area contributed by atoms with E-state index in [0.29, 0.717) is 64.2 Å². The number of carbonyl (C=O) groups is 1. The molecule has 16 aliphatic rings. The molecule has 0 saturated carbocycles. The molecule has 16 heterocycles. The van der Waals surface area contributed by atoms with Crippen LogP contribution < -0.4 is 0 Å². The molecule has 0 aromatic heterocycles. The summed E-state index contributed by atoms with van der Waals surface area (Å²) in [6, 6.07) is 0. The first-order valence-electron chi connectivity index (χ1n) is 30.8. The fourth-order valence-electron chi connectivity index (χ4n) is 18.2. The molecule has 16 fully saturated rings. The summed E-state index contributed by atoms with van der Waals surface area (Å²) < 4.78 is 104. The zero-order valence-electron chi connectivity index (χ0n) is 46.5. The van der Waals surface area contributed by atoms with Crippen molar-refractivity contribution in [3.05, 3.63) is 24.3 Å². The van der Waals surface area contributed by atoms with E-state index >= 15 is 0 Å². The summed E-state index contributed by atoms with van der Waals surface area (Å²) in [4.78, 5) is 14.6. The van der Waals surface area contributed by atoms with Crippen molar-refractivity contribution in [3.8, 4) is 0 Å². The van der Waals surface area contributed by atoms with Crippen LogP contribution in [0.1, 0.15) is 143 Å². The van der Waals surface area contributed by atoms with Crippen molar-refractivity contribution >= 4 is 5.97 Å². The minimum absolute atomic E-state index is 0.0143. The Kier molecular flexibility index (Phi) is 13.8. The Hall–Kier alpha value is -1.73. The maximum Gasteiger partial charge on any atom is 0.308 e. The van der Waals surface area contributed by atoms with Crippen molar-refractivity contribution < 1.29 is 91.2 Å². The summed E-state index contributed by atoms with van der Waals surface area (Å²) in [5.41, 5.74) is 2.15. The highest BCUT2D eigenvalue weighted by atomic mass is 16.8. The molecule has 440 valence electrons. The number of esters is 1. The molecule has 32 atom stereocenters. The van der Waals surface area contributed by atoms with Crippen LogP contribution >= 0.6 is 0 Å². The van der Waals surface area contributed by atoms with Gasteiger partial charge in [0.2, 0.25) is 0 Å². The van der Waals surface area contributed by atoms with Crippen LogP contribution in [-0.4, -0.2) is 198 Å². The van der Waals surface area contributed by atoms with Crippen LogP contribution in [0.3, 0.4) is 0 Å². The normalized spacial score (nSPS) is 57.2. The van der Waals surface area contributed by atoms with Crippen molar-refractivity contribution in [1.82, 2.24) is 0 Å². The Bertz CT molecular complexity index is 2340. The number of fused-ring (bicyclic) bond motifs is 10. The number of carbonyl (C=O) groups excluding carboxylic acids is 1. The molecule has 16 rings (SSSR count). The van der Waals surface area contributed by atoms with Gasteiger partial charge in [0.25, 0.3) is 0 Å². The van der Waals surface area contributed by atoms with Crippen LogP contribution in [0, 0.1) is 23.7 Å². The van der Waals surface area contributed by atoms with Gasteiger partial charge in [-0.2, -0.15) is 0 Å². The molecule has 2 unspecified atom stereocenters. The number of aliphatic hydroxyl groups excluding tert-OH is 3. The molecule has 0 amide bonds. The molecule has 3 N–H and O–H groups in total. The molecule has 3 spiro atoms. The third-order valence-electron chi connectivity index (χ3n) is 21.9. The van der Waals surface area contributed by atoms with Gasteiger partial charge < -0.3 is 86.4 Å². The molecule has 16 aliphatic heterocycles. The van der Waals surface area contributed by atoms with E-state index in [4.69, 9.17) is 71.1 Å². The Labute approximate surface area is 463 Å². The van der Waals surface area contributed by atoms with Crippen molar-refractivity contribution in [2.24, 2.45) is 23.7 Å². The summed E-state index contributed by atoms with van der Waals surface area (Å²) in [6.07, 6.45) is 2.17. The van der Waals surface area contributed by atoms with Gasteiger partial charge in [0.1, 0.15) is 36.6 Å². The molecular formula is C60H86O19. The first kappa shape index (κ1) is 54.0. The van der Waals surface area contributed by atoms with Crippen LogP contribution in [0.4, 0.5) is 0 Å². The molecule has 0 aromatic carbocycles. The lowest BCUT2D eigenvalue weighted by Gasteiger charge is -2.50. The quantitative estimate of drug-likeness (QED) is 0.251. The lowest BCUT2D eigenvalue weighted by atomic mass is 9.79. The summed E-state index contributed by atoms with van der Waals surface area (Å²) >= 11 is 0. The van der Waals surface area contributed by atoms with E-state index in [0.717, 1.165) is 49.7 Å². The lowest BCUT2D eigenvalue weighted by molar-refractivity contribution is -0.347. The SMILES string of the molecule is C=C1C[C@@H]2CCC34C[C@H]5O[C@@H]6[C@@H](O[C@@H]7CC[C@@H](CC(=O)O[C@H]8[C@@H](C)[C@H]9O[C@H]%10C[C@@]%11(C[C@H]%12OC%13(C[C@@H](C)[C@H]%14O[C@@H]([C@H](O)C[C@H](O)CO)C[C@H]%14O%13)C[C@H](C)[C@@H]%12O%11)O[C@H]%10C[C@H]9O[C@@H]8C[C@H]8O[C@H](CC[C@@H]1O2)C[C@@H](C)C8=C)O[C@@H]7[C@@H]6O3)[C@H]5O4. The largest absolute Gasteiger partial charge is 0.459 e. The second kappa shape index (κ2) is 20.2. The molecule has 0 radical (unpaired) electrons. The highest BCUT2D eigenvalue weighted by Crippen LogP contribution is 2.58. The lowest BCUT2D eigenvalue weighted by Crippen LogP contribution is -2.62. The first-order chi connectivity index (χ1) is 38.0. The zero-order chi connectivity index (χ0) is 54.0. The number of hydrogen-bond donors (Lipinski definition) is 3. The zero-order valence-corrected chi connectivity index (χ0v) is 46.5. The molecule has 12 bridgehead atoms. The summed E-state index contributed by atoms with van der Waals surface area (Å²) in [6.45, 7) is 17.4. The number of hydrogen-bond acceptors (Lipinski definition) is 19. The molecule has 0 aromatic rings. The number of rotatable bonds is 4. The van der Waals surface area contributed by atoms with Gasteiger partial charge in [-0.3, -0.25) is 4.79 Å². The molecule has 19 heteroatoms. The average Bonchev–Trinajstić information content (AvgIpc) is 4.46. The van der Waals surface area contributed by atoms with Crippen LogP contribution in [-0.2, 0) is 75.8 Å². The van der Waals surface area contributed by atoms with Gasteiger partial charge in [0.05, 0.1) is 129 Å². The fourth-order valence-corrected chi connectivity index (χ4v) is 18.2. The van der Waals surface area contributed by atoms with Crippen LogP contribution in [0.25, 0.3) is 0 Å². The maximum absolute atomic E-state index is 14.6. The van der Waals surface area contributed by atoms with E-state index in [-0.39, 0.29) is 146 Å². The van der Waals surface area contributed by atoms with E-state index in [9.17, 15) is 20.1 Å². The topological polar surface area (TPSA) is 216 Å². The average molecular weight is 1110 g/mol. The Balaban J connectivity index is 0.655. The molecular weight excluding hydrogens is 1020 g/mol. The molecule has 79 heavy (non-hydrogen) atoms. The van der Waals surface area contributed by atoms with E-state index < -0.39 is 72.8 Å². The number of aliphatic hydroxyl groups is 3. The molecule has 0 aliphatic carbocycles. The van der Waals surface area contributed by atoms with E-state index in [2.05, 4.69) is 40.9 Å². The van der Waals surface area contributed by atoms with Gasteiger partial charge in [0, 0.05) is 70.1 Å². The second-order valence-electron chi connectivity index (χ2n) is 27.5. The van der Waals surface area contributed by atoms with Gasteiger partial charge in [-0.1, -0.05) is 40.9 Å². The molecule has 16 saturated heterocycles. The minimum Gasteiger partial charge on any atom is -0.459 e. The molecule has 19 nitrogen and oxygen atoms in total. The van der Waals surface area contributed by atoms with Crippen molar-refractivity contribution in [3.63, 3.8) is 0 Å². The Morgan fingerprint density at radius 1 is 0.506 bits per heavy atom. The Morgan fingerprint density at radius 3 is 2.03 bits per heavy atom. The van der Waals surface area contributed by atoms with Gasteiger partial charge in [0.15, 0.2) is 17.4 Å². The van der Waals surface area contributed by atoms with E-state index in [1.54, 1.807) is 0 Å². The van der Waals surface area contributed by atoms with E-state index in [1.807, 2.05) is 0 Å². The summed E-state index contributed by atoms with van der Waals surface area (Å²) in [5.74, 6) is -2.77. The standard InChI is InChI=1S/C60H86O19/c1-26-13-33-7-9-37-27(2)14-35(65-37)11-12-58-23-46-54(78-58)55-56(72-46)57(79-58)53-38(69-55)10-8-34(67-53)16-48(64)73-52-31(6)51-43(68-42(52)17-39(66-33)30(26)5)19-41-45(71-51)22-60(74-41)24-47-50(77-60)29(4)21-59(76-47)20-28(3)49-44(75-59)18-40(70-49)36(63)15-32(62)25-61/h26,28-29,31-47,49-57,61-63H,2,5,7-25H2,1,3-4,6H3/t26-,28-,29+,31+,32+,33-,34+,35+,36-,37+,38-,39-,40-,41+,42-,43-,44-,45+,46-,47-,49-,50+,51-,52+,53+,54+,55+,56-,57+,58?,59?,60-/m1/s1. The van der Waals surface area contributed by atoms with Crippen LogP contribution in [0.2, 0.25) is 0 Å². The monoisotopic (exact) mass is 1110 g/mol. The highest BCUT2D eigenvalue weighted by Gasteiger charge is 2.70. The third kappa shape index (κ3) is 9.43. The predicted molar refractivity (Wildman–Crippen MR) is 274 cm³/mol. The second-order valence-corrected chi connectivity index (χ2v) is 27.5. The highest BCUT2D eigenvalue weighted by molar-refractivity contribution is 5.70. The fraction of sp³-hybridized carbons (Fsp3) is 0.917. The van der Waals surface area contributed by atoms with Gasteiger partial charge >= 0.3 is 5.97 Å². The van der Waals surface area contributed by atoms with E-state index in [1.165, 1.54) is 0 Å². The maximum atomic E-state index is 14.6. The predicted octanol–water partition coefficient (Wildman–Crippen LogP) is 4.93. The van der Waals surface area contributed by atoms with Gasteiger partial charge in [-0.25, -0.2) is 0 Å². The smallest absolute Gasteiger partial charge is 0.308 e. The van der Waals surface area contributed by atoms with Crippen molar-refractivity contribution in [2.75, 3.05) is 6.61 Å². The summed E-state index contributed by atoms with van der Waals surface area (Å²) in [5, 5.41) is 30.3. The van der Waals surface area contributed by atoms with Crippen molar-refractivity contribution in [1.29, 1.82) is 0 Å². The Morgan fingerprint density at radius 2 is 1.18 bits per heavy atom. The first-order valence-corrected chi connectivity index (χ1v) is 30.8. The number of ether oxygens (including phenoxy) is 15. The third-order valence-corrected chi connectivity index (χ3v) is 21.9. The van der Waals surface area contributed by atoms with Crippen molar-refractivity contribution in [2.45, 2.75) is 313 Å². The summed E-state index contributed by atoms with van der Waals surface area (Å²) in [7, 11) is 0. The van der Waals surface area contributed by atoms with Gasteiger partial charge in [-0.05, 0) is 73.8 Å². The van der Waals surface area contributed by atoms with Gasteiger partial charge in [-0.15, -0.1) is 0 Å². The van der Waals surface area contributed by atoms with Crippen LogP contribution in [0.5, 0.6) is 0 Å².